The van der Waals surface area contributed by atoms with E-state index in [9.17, 15) is 5.11 Å². The molecular weight excluding hydrogens is 176 g/mol. The fourth-order valence-electron chi connectivity index (χ4n) is 3.02. The minimum Gasteiger partial charge on any atom is -0.368 e. The van der Waals surface area contributed by atoms with Crippen LogP contribution in [0.3, 0.4) is 0 Å². The number of aliphatic hydroxyl groups excluding tert-OH is 1. The second-order valence-electron chi connectivity index (χ2n) is 4.33. The van der Waals surface area contributed by atoms with Crippen molar-refractivity contribution in [3.05, 3.63) is 25.3 Å². The van der Waals surface area contributed by atoms with Gasteiger partial charge >= 0.3 is 0 Å². The molecule has 1 spiro atoms. The van der Waals surface area contributed by atoms with Crippen LogP contribution in [0.15, 0.2) is 25.3 Å². The first-order valence-electron chi connectivity index (χ1n) is 5.34. The van der Waals surface area contributed by atoms with Crippen LogP contribution in [0, 0.1) is 11.8 Å². The van der Waals surface area contributed by atoms with Gasteiger partial charge < -0.3 is 9.84 Å². The van der Waals surface area contributed by atoms with Crippen LogP contribution in [-0.4, -0.2) is 17.0 Å². The van der Waals surface area contributed by atoms with E-state index < -0.39 is 6.29 Å². The fourth-order valence-corrected chi connectivity index (χ4v) is 3.02. The van der Waals surface area contributed by atoms with Crippen LogP contribution in [0.4, 0.5) is 0 Å². The van der Waals surface area contributed by atoms with E-state index in [1.165, 1.54) is 0 Å². The number of ether oxygens (including phenoxy) is 1. The highest BCUT2D eigenvalue weighted by Crippen LogP contribution is 2.51. The van der Waals surface area contributed by atoms with Gasteiger partial charge in [-0.25, -0.2) is 0 Å². The molecule has 0 amide bonds. The summed E-state index contributed by atoms with van der Waals surface area (Å²) in [5.74, 6) is 0.755. The standard InChI is InChI=1S/C12H18O2/c1-3-9-5-6-10(4-2)12(9)8-7-11(13)14-12/h3-4,9-11,13H,1-2,5-8H2/t9-,10?,11?,12?/m0/s1. The molecule has 2 rings (SSSR count). The summed E-state index contributed by atoms with van der Waals surface area (Å²) in [6.45, 7) is 7.72. The number of hydrogen-bond acceptors (Lipinski definition) is 2. The number of hydrogen-bond donors (Lipinski definition) is 1. The van der Waals surface area contributed by atoms with Crippen molar-refractivity contribution in [1.29, 1.82) is 0 Å². The third-order valence-electron chi connectivity index (χ3n) is 3.75. The predicted octanol–water partition coefficient (Wildman–Crippen LogP) is 2.25. The fraction of sp³-hybridized carbons (Fsp3) is 0.667. The summed E-state index contributed by atoms with van der Waals surface area (Å²) in [5, 5.41) is 9.49. The van der Waals surface area contributed by atoms with Crippen molar-refractivity contribution in [3.63, 3.8) is 0 Å². The van der Waals surface area contributed by atoms with Crippen molar-refractivity contribution < 1.29 is 9.84 Å². The van der Waals surface area contributed by atoms with E-state index in [4.69, 9.17) is 4.74 Å². The number of rotatable bonds is 2. The molecule has 3 unspecified atom stereocenters. The molecule has 2 nitrogen and oxygen atoms in total. The van der Waals surface area contributed by atoms with Gasteiger partial charge in [-0.1, -0.05) is 12.2 Å². The average molecular weight is 194 g/mol. The van der Waals surface area contributed by atoms with Crippen molar-refractivity contribution in [3.8, 4) is 0 Å². The molecule has 1 saturated carbocycles. The highest BCUT2D eigenvalue weighted by atomic mass is 16.6. The van der Waals surface area contributed by atoms with E-state index in [1.54, 1.807) is 0 Å². The van der Waals surface area contributed by atoms with Gasteiger partial charge in [0, 0.05) is 18.3 Å². The molecule has 2 fully saturated rings. The molecule has 0 bridgehead atoms. The lowest BCUT2D eigenvalue weighted by Crippen LogP contribution is -2.38. The molecule has 78 valence electrons. The summed E-state index contributed by atoms with van der Waals surface area (Å²) in [6.07, 6.45) is 7.25. The topological polar surface area (TPSA) is 29.5 Å². The maximum Gasteiger partial charge on any atom is 0.155 e. The smallest absolute Gasteiger partial charge is 0.155 e. The summed E-state index contributed by atoms with van der Waals surface area (Å²) < 4.78 is 5.73. The van der Waals surface area contributed by atoms with Crippen molar-refractivity contribution in [2.45, 2.75) is 37.6 Å². The Hall–Kier alpha value is -0.600. The molecule has 1 saturated heterocycles. The van der Waals surface area contributed by atoms with Crippen molar-refractivity contribution in [2.75, 3.05) is 0 Å². The van der Waals surface area contributed by atoms with Crippen LogP contribution < -0.4 is 0 Å². The Morgan fingerprint density at radius 3 is 2.07 bits per heavy atom. The SMILES string of the molecule is C=CC1CC[C@H](C=C)C12CCC(O)O2. The van der Waals surface area contributed by atoms with Crippen molar-refractivity contribution in [1.82, 2.24) is 0 Å². The minimum atomic E-state index is -0.585. The van der Waals surface area contributed by atoms with Gasteiger partial charge in [0.05, 0.1) is 5.60 Å². The Morgan fingerprint density at radius 2 is 1.71 bits per heavy atom. The maximum absolute atomic E-state index is 9.49. The lowest BCUT2D eigenvalue weighted by Gasteiger charge is -2.33. The quantitative estimate of drug-likeness (QED) is 0.683. The first-order chi connectivity index (χ1) is 6.73. The normalized spacial score (nSPS) is 47.1. The van der Waals surface area contributed by atoms with Gasteiger partial charge in [-0.15, -0.1) is 13.2 Å². The summed E-state index contributed by atoms with van der Waals surface area (Å²) >= 11 is 0. The molecule has 1 N–H and O–H groups in total. The minimum absolute atomic E-state index is 0.192. The second-order valence-corrected chi connectivity index (χ2v) is 4.33. The Morgan fingerprint density at radius 1 is 1.14 bits per heavy atom. The number of aliphatic hydroxyl groups is 1. The Labute approximate surface area is 85.3 Å². The van der Waals surface area contributed by atoms with Gasteiger partial charge in [0.25, 0.3) is 0 Å². The van der Waals surface area contributed by atoms with Gasteiger partial charge in [0.15, 0.2) is 6.29 Å². The molecular formula is C12H18O2. The summed E-state index contributed by atoms with van der Waals surface area (Å²) in [7, 11) is 0. The zero-order valence-electron chi connectivity index (χ0n) is 8.48. The average Bonchev–Trinajstić information content (AvgIpc) is 2.72. The molecule has 0 aromatic rings. The molecule has 14 heavy (non-hydrogen) atoms. The Kier molecular flexibility index (Phi) is 2.50. The molecule has 0 radical (unpaired) electrons. The van der Waals surface area contributed by atoms with Gasteiger partial charge in [-0.05, 0) is 19.3 Å². The largest absolute Gasteiger partial charge is 0.368 e. The first kappa shape index (κ1) is 9.94. The molecule has 2 aliphatic rings. The predicted molar refractivity (Wildman–Crippen MR) is 55.7 cm³/mol. The van der Waals surface area contributed by atoms with Gasteiger partial charge in [0.1, 0.15) is 0 Å². The van der Waals surface area contributed by atoms with Crippen LogP contribution in [0.1, 0.15) is 25.7 Å². The zero-order valence-corrected chi connectivity index (χ0v) is 8.48. The third kappa shape index (κ3) is 1.25. The van der Waals surface area contributed by atoms with E-state index in [0.29, 0.717) is 11.8 Å². The van der Waals surface area contributed by atoms with E-state index in [-0.39, 0.29) is 5.60 Å². The monoisotopic (exact) mass is 194 g/mol. The maximum atomic E-state index is 9.49. The summed E-state index contributed by atoms with van der Waals surface area (Å²) in [6, 6.07) is 0. The lowest BCUT2D eigenvalue weighted by molar-refractivity contribution is -0.155. The molecule has 2 heteroatoms. The lowest BCUT2D eigenvalue weighted by atomic mass is 9.82. The summed E-state index contributed by atoms with van der Waals surface area (Å²) in [4.78, 5) is 0. The van der Waals surface area contributed by atoms with Crippen molar-refractivity contribution >= 4 is 0 Å². The van der Waals surface area contributed by atoms with Crippen LogP contribution in [-0.2, 0) is 4.74 Å². The highest BCUT2D eigenvalue weighted by molar-refractivity contribution is 5.12. The van der Waals surface area contributed by atoms with E-state index in [0.717, 1.165) is 25.7 Å². The van der Waals surface area contributed by atoms with Crippen LogP contribution in [0.5, 0.6) is 0 Å². The second kappa shape index (κ2) is 3.52. The van der Waals surface area contributed by atoms with E-state index in [1.807, 2.05) is 12.2 Å². The van der Waals surface area contributed by atoms with Crippen LogP contribution in [0.25, 0.3) is 0 Å². The highest BCUT2D eigenvalue weighted by Gasteiger charge is 2.52. The molecule has 1 aliphatic heterocycles. The van der Waals surface area contributed by atoms with Crippen LogP contribution in [0.2, 0.25) is 0 Å². The van der Waals surface area contributed by atoms with Gasteiger partial charge in [-0.3, -0.25) is 0 Å². The van der Waals surface area contributed by atoms with Crippen molar-refractivity contribution in [2.24, 2.45) is 11.8 Å². The van der Waals surface area contributed by atoms with Crippen LogP contribution >= 0.6 is 0 Å². The molecule has 0 aromatic heterocycles. The Bertz CT molecular complexity index is 231. The first-order valence-corrected chi connectivity index (χ1v) is 5.34. The van der Waals surface area contributed by atoms with Gasteiger partial charge in [0.2, 0.25) is 0 Å². The zero-order chi connectivity index (χ0) is 10.2. The molecule has 0 aromatic carbocycles. The van der Waals surface area contributed by atoms with E-state index >= 15 is 0 Å². The molecule has 1 aliphatic carbocycles. The Balaban J connectivity index is 2.26. The summed E-state index contributed by atoms with van der Waals surface area (Å²) in [5.41, 5.74) is -0.192. The third-order valence-corrected chi connectivity index (χ3v) is 3.75. The van der Waals surface area contributed by atoms with Gasteiger partial charge in [-0.2, -0.15) is 0 Å². The van der Waals surface area contributed by atoms with E-state index in [2.05, 4.69) is 13.2 Å². The molecule has 4 atom stereocenters. The molecule has 1 heterocycles.